The summed E-state index contributed by atoms with van der Waals surface area (Å²) in [5, 5.41) is 27.5. The van der Waals surface area contributed by atoms with E-state index in [4.69, 9.17) is 24.7 Å². The summed E-state index contributed by atoms with van der Waals surface area (Å²) in [6, 6.07) is 8.60. The molecule has 0 aliphatic heterocycles. The third-order valence-corrected chi connectivity index (χ3v) is 3.94. The van der Waals surface area contributed by atoms with Crippen LogP contribution in [0.4, 0.5) is 0 Å². The first kappa shape index (κ1) is 20.2. The number of carboxylic acid groups (broad SMARTS) is 1. The monoisotopic (exact) mass is 364 g/mol. The quantitative estimate of drug-likeness (QED) is 0.159. The van der Waals surface area contributed by atoms with Gasteiger partial charge in [-0.25, -0.2) is 0 Å². The SMILES string of the molecule is O=C(O)C(C(=O)OC(O)[C@H](CO)OCc1ccccc1)P(=O)(O)O. The Kier molecular flexibility index (Phi) is 7.49. The van der Waals surface area contributed by atoms with Crippen LogP contribution in [0.25, 0.3) is 0 Å². The summed E-state index contributed by atoms with van der Waals surface area (Å²) in [5.41, 5.74) is -2.09. The third-order valence-electron chi connectivity index (χ3n) is 2.84. The van der Waals surface area contributed by atoms with E-state index in [1.54, 1.807) is 30.3 Å². The first-order valence-corrected chi connectivity index (χ1v) is 8.28. The van der Waals surface area contributed by atoms with E-state index in [2.05, 4.69) is 4.74 Å². The van der Waals surface area contributed by atoms with Crippen molar-refractivity contribution in [1.29, 1.82) is 0 Å². The van der Waals surface area contributed by atoms with Crippen molar-refractivity contribution in [3.05, 3.63) is 35.9 Å². The summed E-state index contributed by atoms with van der Waals surface area (Å²) in [6.45, 7) is -0.837. The molecule has 134 valence electrons. The van der Waals surface area contributed by atoms with E-state index in [0.29, 0.717) is 5.56 Å². The van der Waals surface area contributed by atoms with Crippen molar-refractivity contribution < 1.29 is 48.7 Å². The van der Waals surface area contributed by atoms with Crippen molar-refractivity contribution >= 4 is 19.5 Å². The van der Waals surface area contributed by atoms with Crippen LogP contribution in [0.5, 0.6) is 0 Å². The molecule has 0 amide bonds. The molecule has 0 radical (unpaired) electrons. The number of benzene rings is 1. The predicted octanol–water partition coefficient (Wildman–Crippen LogP) is -0.943. The second kappa shape index (κ2) is 8.88. The molecule has 10 nitrogen and oxygen atoms in total. The van der Waals surface area contributed by atoms with Gasteiger partial charge in [-0.2, -0.15) is 0 Å². The largest absolute Gasteiger partial charge is 0.480 e. The van der Waals surface area contributed by atoms with Crippen LogP contribution in [0, 0.1) is 0 Å². The predicted molar refractivity (Wildman–Crippen MR) is 77.7 cm³/mol. The maximum absolute atomic E-state index is 11.5. The molecular formula is C13H17O10P. The highest BCUT2D eigenvalue weighted by Gasteiger charge is 2.45. The fourth-order valence-electron chi connectivity index (χ4n) is 1.64. The Labute approximate surface area is 136 Å². The lowest BCUT2D eigenvalue weighted by Crippen LogP contribution is -2.40. The van der Waals surface area contributed by atoms with E-state index in [0.717, 1.165) is 0 Å². The minimum absolute atomic E-state index is 0.0540. The van der Waals surface area contributed by atoms with E-state index in [-0.39, 0.29) is 6.61 Å². The highest BCUT2D eigenvalue weighted by atomic mass is 31.2. The number of rotatable bonds is 9. The van der Waals surface area contributed by atoms with Crippen LogP contribution >= 0.6 is 7.60 Å². The maximum atomic E-state index is 11.5. The maximum Gasteiger partial charge on any atom is 0.351 e. The summed E-state index contributed by atoms with van der Waals surface area (Å²) in [7, 11) is -5.33. The Morgan fingerprint density at radius 3 is 2.21 bits per heavy atom. The van der Waals surface area contributed by atoms with E-state index >= 15 is 0 Å². The molecule has 0 bridgehead atoms. The summed E-state index contributed by atoms with van der Waals surface area (Å²) in [4.78, 5) is 40.0. The average molecular weight is 364 g/mol. The fraction of sp³-hybridized carbons (Fsp3) is 0.385. The third kappa shape index (κ3) is 6.00. The van der Waals surface area contributed by atoms with Gasteiger partial charge >= 0.3 is 19.5 Å². The van der Waals surface area contributed by atoms with Crippen LogP contribution in [0.15, 0.2) is 30.3 Å². The van der Waals surface area contributed by atoms with Crippen LogP contribution in [-0.2, 0) is 30.2 Å². The highest BCUT2D eigenvalue weighted by Crippen LogP contribution is 2.42. The fourth-order valence-corrected chi connectivity index (χ4v) is 2.27. The van der Waals surface area contributed by atoms with E-state index in [1.807, 2.05) is 0 Å². The van der Waals surface area contributed by atoms with Crippen molar-refractivity contribution in [2.45, 2.75) is 24.7 Å². The molecule has 0 aliphatic rings. The van der Waals surface area contributed by atoms with Gasteiger partial charge in [0, 0.05) is 0 Å². The van der Waals surface area contributed by atoms with Crippen molar-refractivity contribution in [3.63, 3.8) is 0 Å². The number of aliphatic carboxylic acids is 1. The Hall–Kier alpha value is -1.81. The lowest BCUT2D eigenvalue weighted by Gasteiger charge is -2.23. The number of aliphatic hydroxyl groups excluding tert-OH is 2. The molecule has 0 spiro atoms. The van der Waals surface area contributed by atoms with E-state index in [1.165, 1.54) is 0 Å². The topological polar surface area (TPSA) is 171 Å². The van der Waals surface area contributed by atoms with Gasteiger partial charge in [0.05, 0.1) is 13.2 Å². The molecule has 0 fully saturated rings. The van der Waals surface area contributed by atoms with E-state index in [9.17, 15) is 19.3 Å². The molecule has 1 rings (SSSR count). The van der Waals surface area contributed by atoms with Gasteiger partial charge in [0.25, 0.3) is 5.66 Å². The standard InChI is InChI=1S/C13H17O10P/c14-6-9(22-7-8-4-2-1-3-5-8)12(17)23-13(18)10(11(15)16)24(19,20)21/h1-5,9-10,12,14,17H,6-7H2,(H,15,16)(H2,19,20,21)/t9-,10?,12?/m0/s1. The number of aliphatic hydroxyl groups is 2. The number of carboxylic acids is 1. The Balaban J connectivity index is 2.68. The van der Waals surface area contributed by atoms with Gasteiger partial charge in [-0.05, 0) is 5.56 Å². The molecule has 2 unspecified atom stereocenters. The molecule has 0 aliphatic carbocycles. The highest BCUT2D eigenvalue weighted by molar-refractivity contribution is 7.54. The number of carbonyl (C=O) groups is 2. The van der Waals surface area contributed by atoms with Crippen LogP contribution in [-0.4, -0.2) is 61.7 Å². The van der Waals surface area contributed by atoms with Crippen molar-refractivity contribution in [2.24, 2.45) is 0 Å². The Bertz CT molecular complexity index is 598. The second-order valence-electron chi connectivity index (χ2n) is 4.67. The smallest absolute Gasteiger partial charge is 0.351 e. The van der Waals surface area contributed by atoms with Crippen LogP contribution in [0.2, 0.25) is 0 Å². The number of carbonyl (C=O) groups excluding carboxylic acids is 1. The van der Waals surface area contributed by atoms with Crippen LogP contribution in [0.1, 0.15) is 5.56 Å². The molecule has 0 saturated carbocycles. The van der Waals surface area contributed by atoms with Crippen molar-refractivity contribution in [3.8, 4) is 0 Å². The molecule has 0 saturated heterocycles. The first-order chi connectivity index (χ1) is 11.2. The molecule has 0 heterocycles. The molecular weight excluding hydrogens is 347 g/mol. The number of hydrogen-bond acceptors (Lipinski definition) is 7. The number of ether oxygens (including phenoxy) is 2. The molecule has 1 aromatic rings. The van der Waals surface area contributed by atoms with Gasteiger partial charge in [-0.1, -0.05) is 30.3 Å². The Morgan fingerprint density at radius 2 is 1.75 bits per heavy atom. The minimum Gasteiger partial charge on any atom is -0.480 e. The van der Waals surface area contributed by atoms with Crippen LogP contribution in [0.3, 0.4) is 0 Å². The average Bonchev–Trinajstić information content (AvgIpc) is 2.46. The first-order valence-electron chi connectivity index (χ1n) is 6.59. The number of hydrogen-bond donors (Lipinski definition) is 5. The van der Waals surface area contributed by atoms with Gasteiger partial charge in [0.2, 0.25) is 6.29 Å². The molecule has 5 N–H and O–H groups in total. The van der Waals surface area contributed by atoms with Gasteiger partial charge in [0.15, 0.2) is 0 Å². The molecule has 11 heteroatoms. The van der Waals surface area contributed by atoms with Gasteiger partial charge < -0.3 is 34.6 Å². The zero-order chi connectivity index (χ0) is 18.3. The van der Waals surface area contributed by atoms with Crippen molar-refractivity contribution in [1.82, 2.24) is 0 Å². The molecule has 1 aromatic carbocycles. The lowest BCUT2D eigenvalue weighted by molar-refractivity contribution is -0.201. The summed E-state index contributed by atoms with van der Waals surface area (Å²) in [5.74, 6) is -3.95. The van der Waals surface area contributed by atoms with Gasteiger partial charge in [-0.3, -0.25) is 14.2 Å². The van der Waals surface area contributed by atoms with E-state index < -0.39 is 44.2 Å². The number of esters is 1. The molecule has 3 atom stereocenters. The van der Waals surface area contributed by atoms with Crippen molar-refractivity contribution in [2.75, 3.05) is 6.61 Å². The zero-order valence-electron chi connectivity index (χ0n) is 12.3. The summed E-state index contributed by atoms with van der Waals surface area (Å²) >= 11 is 0. The van der Waals surface area contributed by atoms with Gasteiger partial charge in [-0.15, -0.1) is 0 Å². The minimum atomic E-state index is -5.33. The summed E-state index contributed by atoms with van der Waals surface area (Å²) in [6.07, 6.45) is -3.54. The molecule has 24 heavy (non-hydrogen) atoms. The lowest BCUT2D eigenvalue weighted by atomic mass is 10.2. The van der Waals surface area contributed by atoms with Gasteiger partial charge in [0.1, 0.15) is 6.10 Å². The molecule has 0 aromatic heterocycles. The zero-order valence-corrected chi connectivity index (χ0v) is 13.2. The Morgan fingerprint density at radius 1 is 1.17 bits per heavy atom. The second-order valence-corrected chi connectivity index (χ2v) is 6.37. The summed E-state index contributed by atoms with van der Waals surface area (Å²) < 4.78 is 20.4. The normalized spacial score (nSPS) is 15.3. The van der Waals surface area contributed by atoms with Crippen LogP contribution < -0.4 is 0 Å².